The first-order chi connectivity index (χ1) is 6.25. The van der Waals surface area contributed by atoms with Crippen molar-refractivity contribution in [1.29, 1.82) is 0 Å². The molecule has 1 aromatic carbocycles. The predicted molar refractivity (Wildman–Crippen MR) is 68.0 cm³/mol. The fourth-order valence-electron chi connectivity index (χ4n) is 1.40. The summed E-state index contributed by atoms with van der Waals surface area (Å²) in [5, 5.41) is 0. The van der Waals surface area contributed by atoms with Gasteiger partial charge >= 0.3 is 90.9 Å². The van der Waals surface area contributed by atoms with Gasteiger partial charge in [0, 0.05) is 0 Å². The van der Waals surface area contributed by atoms with Gasteiger partial charge in [0.15, 0.2) is 0 Å². The first-order valence-corrected chi connectivity index (χ1v) is 11.6. The Hall–Kier alpha value is -0.237. The van der Waals surface area contributed by atoms with Crippen LogP contribution in [0.15, 0.2) is 24.3 Å². The zero-order valence-electron chi connectivity index (χ0n) is 10.3. The Morgan fingerprint density at radius 3 is 1.71 bits per heavy atom. The molecule has 0 aliphatic rings. The van der Waals surface area contributed by atoms with Crippen LogP contribution in [0.25, 0.3) is 0 Å². The van der Waals surface area contributed by atoms with Gasteiger partial charge in [0.2, 0.25) is 0 Å². The third-order valence-corrected chi connectivity index (χ3v) is 15.2. The Balaban J connectivity index is 3.10. The molecule has 0 saturated carbocycles. The van der Waals surface area contributed by atoms with Crippen LogP contribution in [0.3, 0.4) is 0 Å². The second-order valence-electron chi connectivity index (χ2n) is 5.74. The van der Waals surface area contributed by atoms with Gasteiger partial charge in [-0.1, -0.05) is 0 Å². The Bertz CT molecular complexity index is 301. The maximum absolute atomic E-state index is 2.50. The summed E-state index contributed by atoms with van der Waals surface area (Å²) < 4.78 is 2.10. The van der Waals surface area contributed by atoms with Crippen molar-refractivity contribution in [3.63, 3.8) is 0 Å². The molecule has 0 atom stereocenters. The molecule has 0 nitrogen and oxygen atoms in total. The minimum atomic E-state index is -1.84. The molecule has 0 bridgehead atoms. The van der Waals surface area contributed by atoms with Gasteiger partial charge in [-0.25, -0.2) is 0 Å². The summed E-state index contributed by atoms with van der Waals surface area (Å²) in [6.45, 7) is 9.30. The van der Waals surface area contributed by atoms with Crippen molar-refractivity contribution in [2.45, 2.75) is 43.5 Å². The molecule has 0 aromatic heterocycles. The summed E-state index contributed by atoms with van der Waals surface area (Å²) in [6, 6.07) is 9.16. The Morgan fingerprint density at radius 1 is 0.929 bits per heavy atom. The monoisotopic (exact) mass is 252 g/mol. The van der Waals surface area contributed by atoms with Crippen LogP contribution < -0.4 is 4.40 Å². The molecule has 0 amide bonds. The van der Waals surface area contributed by atoms with Crippen LogP contribution >= 0.6 is 0 Å². The summed E-state index contributed by atoms with van der Waals surface area (Å²) in [5.41, 5.74) is 1.36. The van der Waals surface area contributed by atoms with Crippen molar-refractivity contribution >= 4 is 17.7 Å². The molecular formula is C13H22Ge. The first-order valence-electron chi connectivity index (χ1n) is 5.32. The van der Waals surface area contributed by atoms with E-state index in [2.05, 4.69) is 63.5 Å². The molecule has 0 unspecified atom stereocenters. The van der Waals surface area contributed by atoms with Gasteiger partial charge in [0.25, 0.3) is 0 Å². The second-order valence-corrected chi connectivity index (χ2v) is 16.9. The zero-order chi connectivity index (χ0) is 11.0. The maximum atomic E-state index is 2.50. The Kier molecular flexibility index (Phi) is 3.15. The number of rotatable bonds is 1. The van der Waals surface area contributed by atoms with Crippen LogP contribution in [0.2, 0.25) is 15.8 Å². The van der Waals surface area contributed by atoms with E-state index < -0.39 is 13.3 Å². The van der Waals surface area contributed by atoms with E-state index in [9.17, 15) is 0 Å². The molecule has 78 valence electrons. The van der Waals surface area contributed by atoms with Gasteiger partial charge in [-0.15, -0.1) is 0 Å². The molecule has 0 aliphatic heterocycles. The third kappa shape index (κ3) is 2.22. The van der Waals surface area contributed by atoms with Crippen LogP contribution in [0.5, 0.6) is 0 Å². The van der Waals surface area contributed by atoms with Crippen LogP contribution in [-0.4, -0.2) is 13.3 Å². The van der Waals surface area contributed by atoms with Crippen LogP contribution in [0, 0.1) is 6.92 Å². The third-order valence-electron chi connectivity index (χ3n) is 3.65. The van der Waals surface area contributed by atoms with Crippen molar-refractivity contribution in [2.24, 2.45) is 0 Å². The molecule has 1 aromatic rings. The van der Waals surface area contributed by atoms with Crippen LogP contribution in [-0.2, 0) is 0 Å². The van der Waals surface area contributed by atoms with Crippen LogP contribution in [0.4, 0.5) is 0 Å². The predicted octanol–water partition coefficient (Wildman–Crippen LogP) is 3.71. The van der Waals surface area contributed by atoms with E-state index >= 15 is 0 Å². The topological polar surface area (TPSA) is 0 Å². The van der Waals surface area contributed by atoms with E-state index in [1.807, 2.05) is 0 Å². The molecule has 0 aliphatic carbocycles. The summed E-state index contributed by atoms with van der Waals surface area (Å²) in [5.74, 6) is 5.01. The summed E-state index contributed by atoms with van der Waals surface area (Å²) in [7, 11) is 0. The van der Waals surface area contributed by atoms with E-state index in [4.69, 9.17) is 0 Å². The summed E-state index contributed by atoms with van der Waals surface area (Å²) >= 11 is -1.84. The minimum absolute atomic E-state index is 0.481. The number of benzene rings is 1. The summed E-state index contributed by atoms with van der Waals surface area (Å²) in [4.78, 5) is 0. The van der Waals surface area contributed by atoms with Crippen molar-refractivity contribution in [1.82, 2.24) is 0 Å². The zero-order valence-corrected chi connectivity index (χ0v) is 12.4. The molecular weight excluding hydrogens is 229 g/mol. The van der Waals surface area contributed by atoms with Crippen molar-refractivity contribution < 1.29 is 0 Å². The molecule has 1 heteroatoms. The van der Waals surface area contributed by atoms with E-state index in [-0.39, 0.29) is 0 Å². The second kappa shape index (κ2) is 3.73. The van der Waals surface area contributed by atoms with E-state index in [0.29, 0.717) is 4.25 Å². The van der Waals surface area contributed by atoms with Gasteiger partial charge in [0.1, 0.15) is 0 Å². The van der Waals surface area contributed by atoms with Gasteiger partial charge in [-0.3, -0.25) is 0 Å². The van der Waals surface area contributed by atoms with E-state index in [1.165, 1.54) is 5.56 Å². The quantitative estimate of drug-likeness (QED) is 0.667. The van der Waals surface area contributed by atoms with Gasteiger partial charge in [-0.2, -0.15) is 0 Å². The first kappa shape index (κ1) is 11.8. The van der Waals surface area contributed by atoms with Crippen molar-refractivity contribution in [3.05, 3.63) is 29.8 Å². The molecule has 0 fully saturated rings. The molecule has 14 heavy (non-hydrogen) atoms. The average molecular weight is 251 g/mol. The normalized spacial score (nSPS) is 13.0. The van der Waals surface area contributed by atoms with E-state index in [1.54, 1.807) is 4.40 Å². The fourth-order valence-corrected chi connectivity index (χ4v) is 5.32. The molecule has 1 rings (SSSR count). The van der Waals surface area contributed by atoms with Gasteiger partial charge in [0.05, 0.1) is 0 Å². The summed E-state index contributed by atoms with van der Waals surface area (Å²) in [6.07, 6.45) is 0. The van der Waals surface area contributed by atoms with Gasteiger partial charge in [-0.05, 0) is 0 Å². The number of hydrogen-bond donors (Lipinski definition) is 0. The molecule has 0 saturated heterocycles. The Labute approximate surface area is 91.1 Å². The number of aryl methyl sites for hydroxylation is 1. The SMILES string of the molecule is Cc1cc[c]([Ge]([CH3])([CH3])[C](C)(C)C)cc1. The van der Waals surface area contributed by atoms with Crippen molar-refractivity contribution in [3.8, 4) is 0 Å². The average Bonchev–Trinajstić information content (AvgIpc) is 2.03. The standard InChI is InChI=1S/C13H22Ge/c1-11-7-9-12(10-8-11)14(5,6)13(2,3)4/h7-10H,1-6H3. The molecule has 0 heterocycles. The van der Waals surface area contributed by atoms with Gasteiger partial charge < -0.3 is 0 Å². The van der Waals surface area contributed by atoms with E-state index in [0.717, 1.165) is 0 Å². The van der Waals surface area contributed by atoms with Crippen LogP contribution in [0.1, 0.15) is 26.3 Å². The fraction of sp³-hybridized carbons (Fsp3) is 0.538. The molecule has 0 radical (unpaired) electrons. The number of hydrogen-bond acceptors (Lipinski definition) is 0. The molecule has 0 spiro atoms. The van der Waals surface area contributed by atoms with Crippen molar-refractivity contribution in [2.75, 3.05) is 0 Å². The molecule has 0 N–H and O–H groups in total. The Morgan fingerprint density at radius 2 is 1.36 bits per heavy atom.